The molecule has 6 heteroatoms. The normalized spacial score (nSPS) is 11.2. The summed E-state index contributed by atoms with van der Waals surface area (Å²) >= 11 is 3.35. The third-order valence-electron chi connectivity index (χ3n) is 2.33. The summed E-state index contributed by atoms with van der Waals surface area (Å²) in [6.07, 6.45) is 1.65. The Morgan fingerprint density at radius 3 is 2.75 bits per heavy atom. The first kappa shape index (κ1) is 11.1. The molecule has 0 saturated heterocycles. The van der Waals surface area contributed by atoms with Crippen LogP contribution >= 0.6 is 15.9 Å². The summed E-state index contributed by atoms with van der Waals surface area (Å²) in [5.74, 6) is 0. The fourth-order valence-corrected chi connectivity index (χ4v) is 2.27. The summed E-state index contributed by atoms with van der Waals surface area (Å²) in [5.41, 5.74) is 0.961. The maximum Gasteiger partial charge on any atom is 0.271 e. The van der Waals surface area contributed by atoms with Gasteiger partial charge in [-0.15, -0.1) is 0 Å². The van der Waals surface area contributed by atoms with E-state index in [2.05, 4.69) is 21.0 Å². The molecule has 1 heterocycles. The van der Waals surface area contributed by atoms with Crippen LogP contribution in [0.4, 0.5) is 5.69 Å². The molecule has 0 atom stereocenters. The minimum Gasteiger partial charge on any atom is -0.261 e. The van der Waals surface area contributed by atoms with Gasteiger partial charge in [-0.1, -0.05) is 0 Å². The summed E-state index contributed by atoms with van der Waals surface area (Å²) in [7, 11) is 0. The minimum absolute atomic E-state index is 0.0719. The van der Waals surface area contributed by atoms with Crippen molar-refractivity contribution in [1.82, 2.24) is 9.78 Å². The smallest absolute Gasteiger partial charge is 0.261 e. The number of nitro groups is 1. The Balaban J connectivity index is 2.73. The topological polar surface area (TPSA) is 61.0 Å². The highest BCUT2D eigenvalue weighted by molar-refractivity contribution is 9.10. The van der Waals surface area contributed by atoms with Crippen molar-refractivity contribution in [1.29, 1.82) is 0 Å². The Hall–Kier alpha value is -1.43. The standard InChI is InChI=1S/C10H10BrN3O2/c1-6(2)13-10-7(5-12-13)3-8(14(15)16)4-9(10)11/h3-6H,1-2H3. The number of halogens is 1. The summed E-state index contributed by atoms with van der Waals surface area (Å²) in [5, 5.41) is 15.7. The highest BCUT2D eigenvalue weighted by atomic mass is 79.9. The van der Waals surface area contributed by atoms with Crippen LogP contribution in [0.1, 0.15) is 19.9 Å². The van der Waals surface area contributed by atoms with E-state index < -0.39 is 4.92 Å². The predicted molar refractivity (Wildman–Crippen MR) is 64.5 cm³/mol. The zero-order valence-corrected chi connectivity index (χ0v) is 10.4. The van der Waals surface area contributed by atoms with Crippen LogP contribution in [0.2, 0.25) is 0 Å². The predicted octanol–water partition coefficient (Wildman–Crippen LogP) is 3.29. The summed E-state index contributed by atoms with van der Waals surface area (Å²) in [4.78, 5) is 10.3. The number of non-ortho nitro benzene ring substituents is 1. The summed E-state index contributed by atoms with van der Waals surface area (Å²) in [6.45, 7) is 4.03. The van der Waals surface area contributed by atoms with Crippen molar-refractivity contribution in [2.75, 3.05) is 0 Å². The molecule has 0 aliphatic rings. The first-order valence-corrected chi connectivity index (χ1v) is 5.61. The molecule has 0 fully saturated rings. The van der Waals surface area contributed by atoms with Gasteiger partial charge in [0.25, 0.3) is 5.69 Å². The molecule has 0 unspecified atom stereocenters. The number of hydrogen-bond donors (Lipinski definition) is 0. The minimum atomic E-state index is -0.406. The molecule has 0 saturated carbocycles. The van der Waals surface area contributed by atoms with Crippen molar-refractivity contribution in [3.63, 3.8) is 0 Å². The van der Waals surface area contributed by atoms with E-state index in [1.54, 1.807) is 6.20 Å². The van der Waals surface area contributed by atoms with Crippen molar-refractivity contribution in [3.05, 3.63) is 32.9 Å². The van der Waals surface area contributed by atoms with Gasteiger partial charge in [0.05, 0.1) is 21.1 Å². The van der Waals surface area contributed by atoms with E-state index >= 15 is 0 Å². The lowest BCUT2D eigenvalue weighted by Crippen LogP contribution is -2.02. The molecule has 0 N–H and O–H groups in total. The van der Waals surface area contributed by atoms with E-state index in [1.807, 2.05) is 18.5 Å². The largest absolute Gasteiger partial charge is 0.271 e. The van der Waals surface area contributed by atoms with Crippen molar-refractivity contribution in [2.45, 2.75) is 19.9 Å². The number of hydrogen-bond acceptors (Lipinski definition) is 3. The Labute approximate surface area is 100 Å². The molecular formula is C10H10BrN3O2. The Bertz CT molecular complexity index is 562. The van der Waals surface area contributed by atoms with Gasteiger partial charge in [-0.3, -0.25) is 14.8 Å². The van der Waals surface area contributed by atoms with Crippen molar-refractivity contribution < 1.29 is 4.92 Å². The van der Waals surface area contributed by atoms with Crippen molar-refractivity contribution in [3.8, 4) is 0 Å². The fourth-order valence-electron chi connectivity index (χ4n) is 1.62. The van der Waals surface area contributed by atoms with Crippen LogP contribution in [0.15, 0.2) is 22.8 Å². The van der Waals surface area contributed by atoms with Gasteiger partial charge in [-0.05, 0) is 29.8 Å². The van der Waals surface area contributed by atoms with Crippen LogP contribution in [-0.2, 0) is 0 Å². The molecule has 2 aromatic rings. The Kier molecular flexibility index (Phi) is 2.67. The number of aromatic nitrogens is 2. The fraction of sp³-hybridized carbons (Fsp3) is 0.300. The highest BCUT2D eigenvalue weighted by Crippen LogP contribution is 2.30. The van der Waals surface area contributed by atoms with Crippen LogP contribution in [-0.4, -0.2) is 14.7 Å². The van der Waals surface area contributed by atoms with Gasteiger partial charge in [0, 0.05) is 23.6 Å². The van der Waals surface area contributed by atoms with Crippen LogP contribution in [0.3, 0.4) is 0 Å². The molecule has 0 aliphatic carbocycles. The first-order valence-electron chi connectivity index (χ1n) is 4.82. The van der Waals surface area contributed by atoms with E-state index in [-0.39, 0.29) is 11.7 Å². The molecule has 5 nitrogen and oxygen atoms in total. The maximum atomic E-state index is 10.7. The van der Waals surface area contributed by atoms with Crippen molar-refractivity contribution >= 4 is 32.5 Å². The summed E-state index contributed by atoms with van der Waals surface area (Å²) in [6, 6.07) is 3.25. The van der Waals surface area contributed by atoms with Crippen LogP contribution in [0, 0.1) is 10.1 Å². The van der Waals surface area contributed by atoms with E-state index in [4.69, 9.17) is 0 Å². The molecule has 0 spiro atoms. The van der Waals surface area contributed by atoms with Gasteiger partial charge in [-0.25, -0.2) is 0 Å². The third-order valence-corrected chi connectivity index (χ3v) is 2.93. The number of rotatable bonds is 2. The zero-order valence-electron chi connectivity index (χ0n) is 8.85. The first-order chi connectivity index (χ1) is 7.50. The third kappa shape index (κ3) is 1.69. The van der Waals surface area contributed by atoms with Gasteiger partial charge in [0.1, 0.15) is 0 Å². The second-order valence-electron chi connectivity index (χ2n) is 3.81. The average Bonchev–Trinajstić information content (AvgIpc) is 2.61. The molecular weight excluding hydrogens is 274 g/mol. The van der Waals surface area contributed by atoms with Crippen LogP contribution in [0.25, 0.3) is 10.9 Å². The lowest BCUT2D eigenvalue weighted by molar-refractivity contribution is -0.384. The van der Waals surface area contributed by atoms with E-state index in [0.29, 0.717) is 4.47 Å². The van der Waals surface area contributed by atoms with Gasteiger partial charge < -0.3 is 0 Å². The monoisotopic (exact) mass is 283 g/mol. The number of nitro benzene ring substituents is 1. The lowest BCUT2D eigenvalue weighted by Gasteiger charge is -2.08. The SMILES string of the molecule is CC(C)n1ncc2cc([N+](=O)[O-])cc(Br)c21. The lowest BCUT2D eigenvalue weighted by atomic mass is 10.2. The highest BCUT2D eigenvalue weighted by Gasteiger charge is 2.15. The van der Waals surface area contributed by atoms with Crippen LogP contribution in [0.5, 0.6) is 0 Å². The Morgan fingerprint density at radius 1 is 1.50 bits per heavy atom. The second-order valence-corrected chi connectivity index (χ2v) is 4.66. The molecule has 1 aromatic carbocycles. The zero-order chi connectivity index (χ0) is 11.9. The van der Waals surface area contributed by atoms with Gasteiger partial charge in [-0.2, -0.15) is 5.10 Å². The molecule has 16 heavy (non-hydrogen) atoms. The molecule has 0 bridgehead atoms. The van der Waals surface area contributed by atoms with Gasteiger partial charge in [0.15, 0.2) is 0 Å². The quantitative estimate of drug-likeness (QED) is 0.628. The summed E-state index contributed by atoms with van der Waals surface area (Å²) < 4.78 is 2.53. The average molecular weight is 284 g/mol. The number of nitrogens with zero attached hydrogens (tertiary/aromatic N) is 3. The molecule has 1 aromatic heterocycles. The van der Waals surface area contributed by atoms with Gasteiger partial charge in [0.2, 0.25) is 0 Å². The molecule has 2 rings (SSSR count). The van der Waals surface area contributed by atoms with Gasteiger partial charge >= 0.3 is 0 Å². The molecule has 0 amide bonds. The molecule has 0 radical (unpaired) electrons. The number of benzene rings is 1. The van der Waals surface area contributed by atoms with E-state index in [0.717, 1.165) is 10.9 Å². The van der Waals surface area contributed by atoms with Crippen molar-refractivity contribution in [2.24, 2.45) is 0 Å². The molecule has 84 valence electrons. The van der Waals surface area contributed by atoms with E-state index in [1.165, 1.54) is 12.1 Å². The maximum absolute atomic E-state index is 10.7. The Morgan fingerprint density at radius 2 is 2.19 bits per heavy atom. The van der Waals surface area contributed by atoms with Crippen LogP contribution < -0.4 is 0 Å². The van der Waals surface area contributed by atoms with E-state index in [9.17, 15) is 10.1 Å². The molecule has 0 aliphatic heterocycles. The second kappa shape index (κ2) is 3.86. The number of fused-ring (bicyclic) bond motifs is 1.